The highest BCUT2D eigenvalue weighted by molar-refractivity contribution is 9.10. The summed E-state index contributed by atoms with van der Waals surface area (Å²) < 4.78 is 1.16. The third-order valence-corrected chi connectivity index (χ3v) is 5.88. The monoisotopic (exact) mass is 384 g/mol. The molecule has 0 aliphatic heterocycles. The van der Waals surface area contributed by atoms with Gasteiger partial charge in [0.1, 0.15) is 0 Å². The van der Waals surface area contributed by atoms with Crippen LogP contribution < -0.4 is 0 Å². The van der Waals surface area contributed by atoms with E-state index in [9.17, 15) is 0 Å². The SMILES string of the molecule is CC(C)(C)c1cc2c(c(C(C)(C)C)c1)C(C)(C)c1ccc(Br)cc1-2. The molecule has 1 heteroatoms. The fourth-order valence-electron chi connectivity index (χ4n) is 3.97. The highest BCUT2D eigenvalue weighted by atomic mass is 79.9. The number of hydrogen-bond donors (Lipinski definition) is 0. The molecule has 1 aliphatic carbocycles. The lowest BCUT2D eigenvalue weighted by Crippen LogP contribution is -2.24. The van der Waals surface area contributed by atoms with E-state index in [1.807, 2.05) is 0 Å². The average Bonchev–Trinajstić information content (AvgIpc) is 2.64. The predicted molar refractivity (Wildman–Crippen MR) is 109 cm³/mol. The molecule has 0 heterocycles. The van der Waals surface area contributed by atoms with Crippen molar-refractivity contribution in [1.29, 1.82) is 0 Å². The van der Waals surface area contributed by atoms with Crippen LogP contribution in [0.2, 0.25) is 0 Å². The maximum Gasteiger partial charge on any atom is 0.0181 e. The lowest BCUT2D eigenvalue weighted by atomic mass is 9.71. The first-order chi connectivity index (χ1) is 10.8. The summed E-state index contributed by atoms with van der Waals surface area (Å²) in [6, 6.07) is 11.7. The van der Waals surface area contributed by atoms with Crippen molar-refractivity contribution in [3.63, 3.8) is 0 Å². The smallest absolute Gasteiger partial charge is 0.0181 e. The van der Waals surface area contributed by atoms with Crippen molar-refractivity contribution < 1.29 is 0 Å². The Morgan fingerprint density at radius 1 is 0.792 bits per heavy atom. The van der Waals surface area contributed by atoms with Gasteiger partial charge in [-0.2, -0.15) is 0 Å². The quantitative estimate of drug-likeness (QED) is 0.445. The Hall–Kier alpha value is -1.08. The van der Waals surface area contributed by atoms with Crippen LogP contribution in [0.15, 0.2) is 34.8 Å². The molecule has 0 spiro atoms. The third-order valence-electron chi connectivity index (χ3n) is 5.38. The van der Waals surface area contributed by atoms with E-state index in [-0.39, 0.29) is 16.2 Å². The van der Waals surface area contributed by atoms with E-state index in [0.717, 1.165) is 4.47 Å². The lowest BCUT2D eigenvalue weighted by molar-refractivity contribution is 0.545. The first-order valence-electron chi connectivity index (χ1n) is 8.83. The summed E-state index contributed by atoms with van der Waals surface area (Å²) in [5, 5.41) is 0. The van der Waals surface area contributed by atoms with Crippen LogP contribution >= 0.6 is 15.9 Å². The Morgan fingerprint density at radius 2 is 1.42 bits per heavy atom. The zero-order chi connectivity index (χ0) is 18.1. The standard InChI is InChI=1S/C23H29Br/c1-21(2,3)14-11-17-16-13-15(24)9-10-18(16)23(7,8)20(17)19(12-14)22(4,5)6/h9-13H,1-8H3. The predicted octanol–water partition coefficient (Wildman–Crippen LogP) is 7.35. The van der Waals surface area contributed by atoms with Crippen molar-refractivity contribution in [2.24, 2.45) is 0 Å². The van der Waals surface area contributed by atoms with E-state index in [4.69, 9.17) is 0 Å². The van der Waals surface area contributed by atoms with Gasteiger partial charge in [-0.15, -0.1) is 0 Å². The van der Waals surface area contributed by atoms with Gasteiger partial charge in [0.15, 0.2) is 0 Å². The number of fused-ring (bicyclic) bond motifs is 3. The minimum atomic E-state index is 0.0460. The third kappa shape index (κ3) is 2.65. The lowest BCUT2D eigenvalue weighted by Gasteiger charge is -2.32. The summed E-state index contributed by atoms with van der Waals surface area (Å²) >= 11 is 3.67. The summed E-state index contributed by atoms with van der Waals surface area (Å²) in [7, 11) is 0. The Balaban J connectivity index is 2.45. The van der Waals surface area contributed by atoms with E-state index in [1.54, 1.807) is 0 Å². The molecule has 0 atom stereocenters. The molecule has 0 N–H and O–H groups in total. The van der Waals surface area contributed by atoms with E-state index in [1.165, 1.54) is 33.4 Å². The minimum absolute atomic E-state index is 0.0460. The summed E-state index contributed by atoms with van der Waals surface area (Å²) in [6.45, 7) is 18.7. The van der Waals surface area contributed by atoms with E-state index >= 15 is 0 Å². The van der Waals surface area contributed by atoms with Crippen LogP contribution in [0.3, 0.4) is 0 Å². The fourth-order valence-corrected chi connectivity index (χ4v) is 4.33. The van der Waals surface area contributed by atoms with Gasteiger partial charge in [0, 0.05) is 9.89 Å². The van der Waals surface area contributed by atoms with E-state index in [2.05, 4.69) is 102 Å². The molecule has 0 amide bonds. The maximum atomic E-state index is 3.67. The van der Waals surface area contributed by atoms with Gasteiger partial charge in [-0.05, 0) is 56.3 Å². The van der Waals surface area contributed by atoms with Gasteiger partial charge in [0.2, 0.25) is 0 Å². The Labute approximate surface area is 155 Å². The number of halogens is 1. The van der Waals surface area contributed by atoms with Gasteiger partial charge >= 0.3 is 0 Å². The van der Waals surface area contributed by atoms with E-state index in [0.29, 0.717) is 0 Å². The van der Waals surface area contributed by atoms with Gasteiger partial charge < -0.3 is 0 Å². The van der Waals surface area contributed by atoms with Crippen molar-refractivity contribution in [2.75, 3.05) is 0 Å². The molecule has 0 aromatic heterocycles. The highest BCUT2D eigenvalue weighted by Gasteiger charge is 2.40. The first-order valence-corrected chi connectivity index (χ1v) is 9.62. The Bertz CT molecular complexity index is 811. The second-order valence-corrected chi connectivity index (χ2v) is 10.7. The molecule has 2 aromatic carbocycles. The molecule has 0 radical (unpaired) electrons. The molecule has 3 rings (SSSR count). The molecule has 0 fully saturated rings. The second kappa shape index (κ2) is 5.21. The maximum absolute atomic E-state index is 3.67. The van der Waals surface area contributed by atoms with Crippen LogP contribution in [0.4, 0.5) is 0 Å². The fraction of sp³-hybridized carbons (Fsp3) is 0.478. The Kier molecular flexibility index (Phi) is 3.85. The molecular weight excluding hydrogens is 356 g/mol. The van der Waals surface area contributed by atoms with Gasteiger partial charge in [0.05, 0.1) is 0 Å². The van der Waals surface area contributed by atoms with Crippen LogP contribution in [-0.2, 0) is 16.2 Å². The second-order valence-electron chi connectivity index (χ2n) is 9.76. The van der Waals surface area contributed by atoms with Crippen molar-refractivity contribution in [3.8, 4) is 11.1 Å². The van der Waals surface area contributed by atoms with Crippen molar-refractivity contribution >= 4 is 15.9 Å². The first kappa shape index (κ1) is 17.7. The normalized spacial score (nSPS) is 16.0. The van der Waals surface area contributed by atoms with Crippen LogP contribution in [0, 0.1) is 0 Å². The molecule has 128 valence electrons. The molecule has 0 saturated carbocycles. The number of rotatable bonds is 0. The van der Waals surface area contributed by atoms with Gasteiger partial charge in [-0.1, -0.05) is 89.5 Å². The molecule has 0 unspecified atom stereocenters. The summed E-state index contributed by atoms with van der Waals surface area (Å²) in [4.78, 5) is 0. The largest absolute Gasteiger partial charge is 0.0564 e. The minimum Gasteiger partial charge on any atom is -0.0564 e. The summed E-state index contributed by atoms with van der Waals surface area (Å²) in [6.07, 6.45) is 0. The van der Waals surface area contributed by atoms with Gasteiger partial charge in [-0.3, -0.25) is 0 Å². The zero-order valence-electron chi connectivity index (χ0n) is 16.3. The van der Waals surface area contributed by atoms with Crippen LogP contribution in [0.5, 0.6) is 0 Å². The van der Waals surface area contributed by atoms with Crippen molar-refractivity contribution in [3.05, 3.63) is 57.1 Å². The van der Waals surface area contributed by atoms with Crippen LogP contribution in [-0.4, -0.2) is 0 Å². The number of benzene rings is 2. The zero-order valence-corrected chi connectivity index (χ0v) is 17.9. The average molecular weight is 385 g/mol. The molecular formula is C23H29Br. The summed E-state index contributed by atoms with van der Waals surface area (Å²) in [5.41, 5.74) is 9.00. The van der Waals surface area contributed by atoms with E-state index < -0.39 is 0 Å². The van der Waals surface area contributed by atoms with Crippen molar-refractivity contribution in [2.45, 2.75) is 71.6 Å². The van der Waals surface area contributed by atoms with Gasteiger partial charge in [-0.25, -0.2) is 0 Å². The molecule has 0 nitrogen and oxygen atoms in total. The van der Waals surface area contributed by atoms with Crippen LogP contribution in [0.1, 0.15) is 77.6 Å². The molecule has 0 bridgehead atoms. The molecule has 1 aliphatic rings. The van der Waals surface area contributed by atoms with Gasteiger partial charge in [0.25, 0.3) is 0 Å². The highest BCUT2D eigenvalue weighted by Crippen LogP contribution is 2.53. The topological polar surface area (TPSA) is 0 Å². The number of hydrogen-bond acceptors (Lipinski definition) is 0. The summed E-state index contributed by atoms with van der Waals surface area (Å²) in [5.74, 6) is 0. The molecule has 24 heavy (non-hydrogen) atoms. The van der Waals surface area contributed by atoms with Crippen molar-refractivity contribution in [1.82, 2.24) is 0 Å². The van der Waals surface area contributed by atoms with Crippen LogP contribution in [0.25, 0.3) is 11.1 Å². The Morgan fingerprint density at radius 3 is 1.96 bits per heavy atom. The molecule has 2 aromatic rings. The molecule has 0 saturated heterocycles.